The molecular weight excluding hydrogens is 455 g/mol. The van der Waals surface area contributed by atoms with E-state index in [1.165, 1.54) is 49.3 Å². The Morgan fingerprint density at radius 3 is 1.67 bits per heavy atom. The molecule has 4 aromatic rings. The summed E-state index contributed by atoms with van der Waals surface area (Å²) in [7, 11) is 1.01. The van der Waals surface area contributed by atoms with Gasteiger partial charge >= 0.3 is 0 Å². The van der Waals surface area contributed by atoms with Crippen LogP contribution in [0.25, 0.3) is 22.3 Å². The maximum absolute atomic E-state index is 5.42. The first-order valence-electron chi connectivity index (χ1n) is 12.4. The molecule has 0 radical (unpaired) electrons. The molecule has 2 aliphatic rings. The van der Waals surface area contributed by atoms with Gasteiger partial charge in [-0.25, -0.2) is 0 Å². The monoisotopic (exact) mass is 484 g/mol. The lowest BCUT2D eigenvalue weighted by atomic mass is 9.71. The molecule has 0 N–H and O–H groups in total. The summed E-state index contributed by atoms with van der Waals surface area (Å²) in [6, 6.07) is 41.5. The van der Waals surface area contributed by atoms with E-state index in [9.17, 15) is 0 Å². The van der Waals surface area contributed by atoms with Gasteiger partial charge in [0.2, 0.25) is 0 Å². The van der Waals surface area contributed by atoms with Gasteiger partial charge in [0, 0.05) is 5.41 Å². The van der Waals surface area contributed by atoms with Crippen LogP contribution in [0.5, 0.6) is 5.75 Å². The molecule has 0 aliphatic carbocycles. The third-order valence-corrected chi connectivity index (χ3v) is 10.6. The van der Waals surface area contributed by atoms with E-state index in [4.69, 9.17) is 4.74 Å². The van der Waals surface area contributed by atoms with Gasteiger partial charge in [-0.05, 0) is 89.3 Å². The van der Waals surface area contributed by atoms with Gasteiger partial charge in [0.05, 0.1) is 7.11 Å². The smallest absolute Gasteiger partial charge is 0.118 e. The molecule has 0 saturated heterocycles. The molecule has 2 bridgehead atoms. The molecule has 2 heterocycles. The van der Waals surface area contributed by atoms with Crippen LogP contribution in [-0.2, 0) is 0 Å². The van der Waals surface area contributed by atoms with Gasteiger partial charge in [0.1, 0.15) is 5.75 Å². The van der Waals surface area contributed by atoms with Crippen LogP contribution in [0.3, 0.4) is 0 Å². The topological polar surface area (TPSA) is 9.23 Å². The van der Waals surface area contributed by atoms with Crippen molar-refractivity contribution in [2.75, 3.05) is 7.11 Å². The second-order valence-electron chi connectivity index (χ2n) is 9.56. The van der Waals surface area contributed by atoms with Crippen molar-refractivity contribution < 1.29 is 4.74 Å². The molecule has 2 heteroatoms. The van der Waals surface area contributed by atoms with Gasteiger partial charge in [-0.2, -0.15) is 0 Å². The zero-order valence-corrected chi connectivity index (χ0v) is 21.8. The van der Waals surface area contributed by atoms with Crippen LogP contribution in [0.2, 0.25) is 0 Å². The van der Waals surface area contributed by atoms with Crippen molar-refractivity contribution in [3.05, 3.63) is 148 Å². The molecule has 0 aromatic heterocycles. The minimum absolute atomic E-state index is 0.177. The summed E-state index contributed by atoms with van der Waals surface area (Å²) in [5.74, 6) is 0.885. The molecule has 2 aliphatic heterocycles. The number of ether oxygens (including phenoxy) is 1. The van der Waals surface area contributed by atoms with E-state index in [1.54, 1.807) is 7.11 Å². The zero-order chi connectivity index (χ0) is 24.7. The molecule has 176 valence electrons. The van der Waals surface area contributed by atoms with E-state index in [0.717, 1.165) is 5.75 Å². The molecule has 0 saturated carbocycles. The molecule has 36 heavy (non-hydrogen) atoms. The first-order chi connectivity index (χ1) is 17.6. The number of benzene rings is 4. The highest BCUT2D eigenvalue weighted by molar-refractivity contribution is 7.83. The van der Waals surface area contributed by atoms with Crippen LogP contribution in [0.1, 0.15) is 36.1 Å². The Labute approximate surface area is 215 Å². The minimum Gasteiger partial charge on any atom is -0.497 e. The minimum atomic E-state index is -0.708. The molecular formula is C34H29OP. The van der Waals surface area contributed by atoms with Crippen molar-refractivity contribution >= 4 is 30.2 Å². The van der Waals surface area contributed by atoms with Crippen LogP contribution in [0.15, 0.2) is 126 Å². The van der Waals surface area contributed by atoms with Crippen molar-refractivity contribution in [3.8, 4) is 5.75 Å². The fourth-order valence-corrected chi connectivity index (χ4v) is 9.41. The van der Waals surface area contributed by atoms with Crippen LogP contribution in [0, 0.1) is 5.41 Å². The Balaban J connectivity index is 1.65. The van der Waals surface area contributed by atoms with Crippen molar-refractivity contribution in [1.82, 2.24) is 0 Å². The average molecular weight is 485 g/mol. The fourth-order valence-electron chi connectivity index (χ4n) is 5.75. The number of hydrogen-bond acceptors (Lipinski definition) is 1. The molecule has 4 aromatic carbocycles. The van der Waals surface area contributed by atoms with Gasteiger partial charge in [0.25, 0.3) is 0 Å². The number of allylic oxidation sites excluding steroid dienone is 3. The van der Waals surface area contributed by atoms with E-state index in [2.05, 4.69) is 135 Å². The molecule has 2 atom stereocenters. The molecule has 1 nitrogen and oxygen atoms in total. The summed E-state index contributed by atoms with van der Waals surface area (Å²) in [5, 5.41) is 4.51. The number of rotatable bonds is 5. The van der Waals surface area contributed by atoms with Crippen LogP contribution < -0.4 is 4.74 Å². The lowest BCUT2D eigenvalue weighted by molar-refractivity contribution is 0.415. The maximum Gasteiger partial charge on any atom is 0.118 e. The van der Waals surface area contributed by atoms with Crippen molar-refractivity contribution in [2.45, 2.75) is 13.8 Å². The van der Waals surface area contributed by atoms with Crippen molar-refractivity contribution in [2.24, 2.45) is 5.41 Å². The SMILES string of the molecule is COc1ccc(/C=C2/P3C(c4ccccc4)=C(C)C2(C)C(c2ccccc2)=C3c2ccccc2)cc1. The predicted molar refractivity (Wildman–Crippen MR) is 155 cm³/mol. The van der Waals surface area contributed by atoms with E-state index >= 15 is 0 Å². The molecule has 2 unspecified atom stereocenters. The van der Waals surface area contributed by atoms with E-state index in [-0.39, 0.29) is 5.41 Å². The Kier molecular flexibility index (Phi) is 5.75. The highest BCUT2D eigenvalue weighted by Gasteiger charge is 2.55. The first kappa shape index (κ1) is 22.8. The van der Waals surface area contributed by atoms with Crippen LogP contribution in [-0.4, -0.2) is 7.11 Å². The average Bonchev–Trinajstić information content (AvgIpc) is 3.31. The summed E-state index contributed by atoms with van der Waals surface area (Å²) in [5.41, 5.74) is 7.95. The summed E-state index contributed by atoms with van der Waals surface area (Å²) in [6.45, 7) is 4.80. The Bertz CT molecular complexity index is 1500. The third-order valence-electron chi connectivity index (χ3n) is 7.62. The van der Waals surface area contributed by atoms with E-state index in [1.807, 2.05) is 0 Å². The Hall–Kier alpha value is -3.67. The maximum atomic E-state index is 5.42. The van der Waals surface area contributed by atoms with Gasteiger partial charge in [-0.3, -0.25) is 0 Å². The summed E-state index contributed by atoms with van der Waals surface area (Å²) in [4.78, 5) is 0. The fraction of sp³-hybridized carbons (Fsp3) is 0.118. The predicted octanol–water partition coefficient (Wildman–Crippen LogP) is 9.55. The highest BCUT2D eigenvalue weighted by Crippen LogP contribution is 2.86. The van der Waals surface area contributed by atoms with Gasteiger partial charge < -0.3 is 4.74 Å². The zero-order valence-electron chi connectivity index (χ0n) is 20.9. The lowest BCUT2D eigenvalue weighted by Crippen LogP contribution is -2.17. The number of hydrogen-bond donors (Lipinski definition) is 0. The second-order valence-corrected chi connectivity index (χ2v) is 11.6. The first-order valence-corrected chi connectivity index (χ1v) is 13.8. The van der Waals surface area contributed by atoms with Crippen LogP contribution >= 0.6 is 7.92 Å². The molecule has 0 fully saturated rings. The Morgan fingerprint density at radius 1 is 0.639 bits per heavy atom. The van der Waals surface area contributed by atoms with Crippen molar-refractivity contribution in [3.63, 3.8) is 0 Å². The van der Waals surface area contributed by atoms with Gasteiger partial charge in [-0.15, -0.1) is 0 Å². The van der Waals surface area contributed by atoms with Crippen LogP contribution in [0.4, 0.5) is 0 Å². The molecule has 6 rings (SSSR count). The lowest BCUT2D eigenvalue weighted by Gasteiger charge is -2.31. The second kappa shape index (κ2) is 9.08. The normalized spacial score (nSPS) is 22.0. The summed E-state index contributed by atoms with van der Waals surface area (Å²) < 4.78 is 5.42. The van der Waals surface area contributed by atoms with Gasteiger partial charge in [-0.1, -0.05) is 103 Å². The van der Waals surface area contributed by atoms with Gasteiger partial charge in [0.15, 0.2) is 0 Å². The molecule has 0 spiro atoms. The largest absolute Gasteiger partial charge is 0.497 e. The summed E-state index contributed by atoms with van der Waals surface area (Å²) in [6.07, 6.45) is 2.45. The Morgan fingerprint density at radius 2 is 1.14 bits per heavy atom. The van der Waals surface area contributed by atoms with Crippen molar-refractivity contribution in [1.29, 1.82) is 0 Å². The highest BCUT2D eigenvalue weighted by atomic mass is 31.1. The number of methoxy groups -OCH3 is 1. The van der Waals surface area contributed by atoms with E-state index < -0.39 is 7.92 Å². The standard InChI is InChI=1S/C34H29OP/c1-24-32(27-15-9-5-10-16-27)36-30(23-25-19-21-29(35-3)22-20-25)34(24,2)31(26-13-7-4-8-14-26)33(36)28-17-11-6-12-18-28/h4-23H,1-3H3/b30-23+. The van der Waals surface area contributed by atoms with E-state index in [0.29, 0.717) is 0 Å². The third kappa shape index (κ3) is 3.50. The number of fused-ring (bicyclic) bond motifs is 2. The summed E-state index contributed by atoms with van der Waals surface area (Å²) >= 11 is 0. The quantitative estimate of drug-likeness (QED) is 0.256. The molecule has 0 amide bonds.